The first-order valence-corrected chi connectivity index (χ1v) is 7.91. The molecule has 0 aliphatic heterocycles. The zero-order valence-corrected chi connectivity index (χ0v) is 14.1. The molecule has 2 aromatic carbocycles. The number of alkyl halides is 3. The highest BCUT2D eigenvalue weighted by Gasteiger charge is 2.30. The molecule has 2 rings (SSSR count). The third-order valence-electron chi connectivity index (χ3n) is 3.71. The summed E-state index contributed by atoms with van der Waals surface area (Å²) in [6.45, 7) is 3.81. The molecule has 0 saturated heterocycles. The monoisotopic (exact) mass is 351 g/mol. The zero-order chi connectivity index (χ0) is 18.4. The summed E-state index contributed by atoms with van der Waals surface area (Å²) in [6.07, 6.45) is -4.28. The van der Waals surface area contributed by atoms with Crippen molar-refractivity contribution in [3.63, 3.8) is 0 Å². The van der Waals surface area contributed by atoms with Crippen LogP contribution in [0.5, 0.6) is 5.75 Å². The summed E-state index contributed by atoms with van der Waals surface area (Å²) in [5.74, 6) is 0.390. The summed E-state index contributed by atoms with van der Waals surface area (Å²) in [5.41, 5.74) is 0.788. The van der Waals surface area contributed by atoms with Crippen molar-refractivity contribution in [1.29, 1.82) is 0 Å². The number of aryl methyl sites for hydroxylation is 1. The summed E-state index contributed by atoms with van der Waals surface area (Å²) in [5, 5.41) is 2.68. The second-order valence-corrected chi connectivity index (χ2v) is 5.82. The minimum absolute atomic E-state index is 0.122. The number of rotatable bonds is 6. The smallest absolute Gasteiger partial charge is 0.416 e. The third kappa shape index (κ3) is 5.81. The Balaban J connectivity index is 1.84. The number of halogens is 3. The van der Waals surface area contributed by atoms with Crippen LogP contribution in [0.3, 0.4) is 0 Å². The topological polar surface area (TPSA) is 38.3 Å². The first-order chi connectivity index (χ1) is 11.8. The van der Waals surface area contributed by atoms with E-state index in [1.807, 2.05) is 31.2 Å². The maximum absolute atomic E-state index is 12.7. The zero-order valence-electron chi connectivity index (χ0n) is 14.1. The van der Waals surface area contributed by atoms with Crippen LogP contribution < -0.4 is 10.1 Å². The lowest BCUT2D eigenvalue weighted by atomic mass is 10.0. The second-order valence-electron chi connectivity index (χ2n) is 5.82. The number of nitrogens with one attached hydrogen (secondary N) is 1. The Hall–Kier alpha value is -2.50. The molecule has 1 atom stereocenters. The molecule has 134 valence electrons. The number of benzene rings is 2. The molecule has 0 radical (unpaired) electrons. The average Bonchev–Trinajstić information content (AvgIpc) is 2.56. The van der Waals surface area contributed by atoms with Crippen LogP contribution >= 0.6 is 0 Å². The Morgan fingerprint density at radius 3 is 2.48 bits per heavy atom. The molecule has 1 N–H and O–H groups in total. The minimum atomic E-state index is -4.40. The fraction of sp³-hybridized carbons (Fsp3) is 0.316. The first kappa shape index (κ1) is 18.8. The van der Waals surface area contributed by atoms with E-state index in [1.54, 1.807) is 13.0 Å². The molecule has 1 unspecified atom stereocenters. The SMILES string of the molecule is Cc1ccc(OCCC(=O)NC(C)c2cccc(C(F)(F)F)c2)cc1. The molecular weight excluding hydrogens is 331 g/mol. The molecule has 0 aliphatic carbocycles. The number of ether oxygens (including phenoxy) is 1. The van der Waals surface area contributed by atoms with Crippen molar-refractivity contribution in [3.8, 4) is 5.75 Å². The molecule has 0 aliphatic rings. The van der Waals surface area contributed by atoms with Gasteiger partial charge in [-0.25, -0.2) is 0 Å². The average molecular weight is 351 g/mol. The van der Waals surface area contributed by atoms with Crippen LogP contribution in [0.2, 0.25) is 0 Å². The molecule has 0 saturated carbocycles. The summed E-state index contributed by atoms with van der Waals surface area (Å²) >= 11 is 0. The van der Waals surface area contributed by atoms with Crippen molar-refractivity contribution in [3.05, 3.63) is 65.2 Å². The molecular formula is C19H20F3NO2. The van der Waals surface area contributed by atoms with Crippen LogP contribution in [0, 0.1) is 6.92 Å². The van der Waals surface area contributed by atoms with Crippen molar-refractivity contribution in [2.24, 2.45) is 0 Å². The Bertz CT molecular complexity index is 711. The van der Waals surface area contributed by atoms with Gasteiger partial charge in [-0.15, -0.1) is 0 Å². The summed E-state index contributed by atoms with van der Waals surface area (Å²) < 4.78 is 43.7. The van der Waals surface area contributed by atoms with E-state index in [-0.39, 0.29) is 18.9 Å². The Kier molecular flexibility index (Phi) is 6.07. The molecule has 0 spiro atoms. The lowest BCUT2D eigenvalue weighted by molar-refractivity contribution is -0.137. The molecule has 0 aromatic heterocycles. The van der Waals surface area contributed by atoms with Crippen molar-refractivity contribution < 1.29 is 22.7 Å². The largest absolute Gasteiger partial charge is 0.493 e. The van der Waals surface area contributed by atoms with Gasteiger partial charge in [0.05, 0.1) is 24.6 Å². The first-order valence-electron chi connectivity index (χ1n) is 7.91. The van der Waals surface area contributed by atoms with Crippen LogP contribution in [0.25, 0.3) is 0 Å². The number of carbonyl (C=O) groups excluding carboxylic acids is 1. The number of hydrogen-bond donors (Lipinski definition) is 1. The lowest BCUT2D eigenvalue weighted by Gasteiger charge is -2.16. The Labute approximate surface area is 144 Å². The maximum Gasteiger partial charge on any atom is 0.416 e. The van der Waals surface area contributed by atoms with Gasteiger partial charge >= 0.3 is 6.18 Å². The van der Waals surface area contributed by atoms with E-state index >= 15 is 0 Å². The van der Waals surface area contributed by atoms with Crippen molar-refractivity contribution in [1.82, 2.24) is 5.32 Å². The highest BCUT2D eigenvalue weighted by Crippen LogP contribution is 2.30. The van der Waals surface area contributed by atoms with Crippen LogP contribution in [0.4, 0.5) is 13.2 Å². The fourth-order valence-electron chi connectivity index (χ4n) is 2.28. The van der Waals surface area contributed by atoms with E-state index in [1.165, 1.54) is 6.07 Å². The van der Waals surface area contributed by atoms with Gasteiger partial charge in [-0.3, -0.25) is 4.79 Å². The molecule has 0 bridgehead atoms. The molecule has 6 heteroatoms. The highest BCUT2D eigenvalue weighted by molar-refractivity contribution is 5.76. The molecule has 25 heavy (non-hydrogen) atoms. The van der Waals surface area contributed by atoms with Crippen molar-refractivity contribution in [2.45, 2.75) is 32.5 Å². The Morgan fingerprint density at radius 1 is 1.16 bits per heavy atom. The van der Waals surface area contributed by atoms with Gasteiger partial charge in [0.15, 0.2) is 0 Å². The van der Waals surface area contributed by atoms with Crippen molar-refractivity contribution >= 4 is 5.91 Å². The van der Waals surface area contributed by atoms with E-state index in [0.717, 1.165) is 17.7 Å². The molecule has 2 aromatic rings. The molecule has 1 amide bonds. The number of amides is 1. The summed E-state index contributed by atoms with van der Waals surface area (Å²) in [4.78, 5) is 11.9. The fourth-order valence-corrected chi connectivity index (χ4v) is 2.28. The summed E-state index contributed by atoms with van der Waals surface area (Å²) in [7, 11) is 0. The predicted octanol–water partition coefficient (Wildman–Crippen LogP) is 4.66. The van der Waals surface area contributed by atoms with Gasteiger partial charge in [0.25, 0.3) is 0 Å². The van der Waals surface area contributed by atoms with Gasteiger partial charge in [-0.1, -0.05) is 29.8 Å². The van der Waals surface area contributed by atoms with Crippen LogP contribution in [0.15, 0.2) is 48.5 Å². The van der Waals surface area contributed by atoms with Crippen LogP contribution in [0.1, 0.15) is 36.1 Å². The highest BCUT2D eigenvalue weighted by atomic mass is 19.4. The molecule has 3 nitrogen and oxygen atoms in total. The van der Waals surface area contributed by atoms with Crippen molar-refractivity contribution in [2.75, 3.05) is 6.61 Å². The Morgan fingerprint density at radius 2 is 1.84 bits per heavy atom. The van der Waals surface area contributed by atoms with E-state index in [2.05, 4.69) is 5.32 Å². The van der Waals surface area contributed by atoms with Gasteiger partial charge < -0.3 is 10.1 Å². The number of carbonyl (C=O) groups is 1. The van der Waals surface area contributed by atoms with Gasteiger partial charge in [-0.05, 0) is 43.7 Å². The summed E-state index contributed by atoms with van der Waals surface area (Å²) in [6, 6.07) is 11.9. The third-order valence-corrected chi connectivity index (χ3v) is 3.71. The molecule has 0 heterocycles. The van der Waals surface area contributed by atoms with E-state index < -0.39 is 17.8 Å². The maximum atomic E-state index is 12.7. The van der Waals surface area contributed by atoms with Gasteiger partial charge in [0, 0.05) is 0 Å². The lowest BCUT2D eigenvalue weighted by Crippen LogP contribution is -2.28. The van der Waals surface area contributed by atoms with Gasteiger partial charge in [0.1, 0.15) is 5.75 Å². The number of hydrogen-bond acceptors (Lipinski definition) is 2. The van der Waals surface area contributed by atoms with Crippen LogP contribution in [-0.4, -0.2) is 12.5 Å². The second kappa shape index (κ2) is 8.05. The molecule has 0 fully saturated rings. The predicted molar refractivity (Wildman–Crippen MR) is 89.3 cm³/mol. The quantitative estimate of drug-likeness (QED) is 0.822. The normalized spacial score (nSPS) is 12.5. The van der Waals surface area contributed by atoms with E-state index in [4.69, 9.17) is 4.74 Å². The van der Waals surface area contributed by atoms with Crippen LogP contribution in [-0.2, 0) is 11.0 Å². The van der Waals surface area contributed by atoms with Gasteiger partial charge in [-0.2, -0.15) is 13.2 Å². The minimum Gasteiger partial charge on any atom is -0.493 e. The van der Waals surface area contributed by atoms with Gasteiger partial charge in [0.2, 0.25) is 5.91 Å². The van der Waals surface area contributed by atoms with E-state index in [9.17, 15) is 18.0 Å². The van der Waals surface area contributed by atoms with E-state index in [0.29, 0.717) is 11.3 Å². The standard InChI is InChI=1S/C19H20F3NO2/c1-13-6-8-17(9-7-13)25-11-10-18(24)23-14(2)15-4-3-5-16(12-15)19(20,21)22/h3-9,12,14H,10-11H2,1-2H3,(H,23,24).